The maximum absolute atomic E-state index is 10.2. The summed E-state index contributed by atoms with van der Waals surface area (Å²) in [4.78, 5) is 2.04. The minimum absolute atomic E-state index is 0.144. The second-order valence-corrected chi connectivity index (χ2v) is 7.81. The van der Waals surface area contributed by atoms with Crippen LogP contribution in [0, 0.1) is 13.8 Å². The van der Waals surface area contributed by atoms with Crippen LogP contribution in [-0.4, -0.2) is 34.4 Å². The van der Waals surface area contributed by atoms with Gasteiger partial charge in [0, 0.05) is 25.3 Å². The van der Waals surface area contributed by atoms with Crippen molar-refractivity contribution >= 4 is 34.6 Å². The van der Waals surface area contributed by atoms with E-state index in [1.54, 1.807) is 6.07 Å². The number of thiocarbonyl (C=S) groups is 1. The molecule has 1 aliphatic heterocycles. The van der Waals surface area contributed by atoms with Crippen LogP contribution in [0.5, 0.6) is 5.75 Å². The Kier molecular flexibility index (Phi) is 6.58. The van der Waals surface area contributed by atoms with Crippen LogP contribution in [0.1, 0.15) is 29.5 Å². The molecule has 0 radical (unpaired) electrons. The highest BCUT2D eigenvalue weighted by Gasteiger charge is 2.22. The molecule has 1 saturated heterocycles. The number of hydrogen-bond acceptors (Lipinski definition) is 3. The highest BCUT2D eigenvalue weighted by Crippen LogP contribution is 2.28. The van der Waals surface area contributed by atoms with Gasteiger partial charge in [0.1, 0.15) is 5.75 Å². The molecule has 1 aliphatic rings. The predicted octanol–water partition coefficient (Wildman–Crippen LogP) is 5.04. The minimum atomic E-state index is 0.144. The van der Waals surface area contributed by atoms with Gasteiger partial charge in [-0.25, -0.2) is 0 Å². The Morgan fingerprint density at radius 1 is 1.33 bits per heavy atom. The summed E-state index contributed by atoms with van der Waals surface area (Å²) < 4.78 is 5.80. The summed E-state index contributed by atoms with van der Waals surface area (Å²) in [5.41, 5.74) is 3.80. The molecule has 27 heavy (non-hydrogen) atoms. The lowest BCUT2D eigenvalue weighted by atomic mass is 10.1. The number of phenolic OH excluding ortho intramolecular Hbond substituents is 1. The number of aromatic hydroxyl groups is 1. The molecule has 0 aromatic heterocycles. The van der Waals surface area contributed by atoms with Crippen molar-refractivity contribution in [3.05, 3.63) is 58.1 Å². The quantitative estimate of drug-likeness (QED) is 0.683. The molecule has 2 aromatic carbocycles. The first-order valence-corrected chi connectivity index (χ1v) is 9.94. The van der Waals surface area contributed by atoms with Gasteiger partial charge in [-0.15, -0.1) is 0 Å². The Morgan fingerprint density at radius 3 is 2.78 bits per heavy atom. The lowest BCUT2D eigenvalue weighted by molar-refractivity contribution is 0.0904. The topological polar surface area (TPSA) is 44.7 Å². The molecule has 0 unspecified atom stereocenters. The van der Waals surface area contributed by atoms with E-state index in [4.69, 9.17) is 28.6 Å². The highest BCUT2D eigenvalue weighted by molar-refractivity contribution is 7.80. The number of aryl methyl sites for hydroxylation is 2. The lowest BCUT2D eigenvalue weighted by Crippen LogP contribution is -2.39. The van der Waals surface area contributed by atoms with Crippen molar-refractivity contribution in [2.24, 2.45) is 0 Å². The van der Waals surface area contributed by atoms with Crippen LogP contribution in [0.15, 0.2) is 36.4 Å². The average Bonchev–Trinajstić information content (AvgIpc) is 3.12. The smallest absolute Gasteiger partial charge is 0.173 e. The average molecular weight is 405 g/mol. The zero-order valence-electron chi connectivity index (χ0n) is 15.7. The zero-order valence-corrected chi connectivity index (χ0v) is 17.2. The van der Waals surface area contributed by atoms with E-state index in [-0.39, 0.29) is 11.9 Å². The second-order valence-electron chi connectivity index (χ2n) is 7.01. The van der Waals surface area contributed by atoms with Crippen molar-refractivity contribution in [3.63, 3.8) is 0 Å². The van der Waals surface area contributed by atoms with Gasteiger partial charge in [0.05, 0.1) is 16.8 Å². The number of anilines is 1. The Morgan fingerprint density at radius 2 is 2.11 bits per heavy atom. The SMILES string of the molecule is Cc1cc(C)c(NC(=S)N(Cc2ccccc2O)C[C@@H]2CCCO2)c(Cl)c1. The van der Waals surface area contributed by atoms with Crippen molar-refractivity contribution in [2.75, 3.05) is 18.5 Å². The van der Waals surface area contributed by atoms with Crippen molar-refractivity contribution < 1.29 is 9.84 Å². The molecule has 6 heteroatoms. The van der Waals surface area contributed by atoms with Crippen molar-refractivity contribution in [1.82, 2.24) is 4.90 Å². The molecule has 1 fully saturated rings. The molecule has 1 heterocycles. The molecule has 4 nitrogen and oxygen atoms in total. The number of para-hydroxylation sites is 1. The van der Waals surface area contributed by atoms with E-state index in [9.17, 15) is 5.11 Å². The number of halogens is 1. The number of benzene rings is 2. The van der Waals surface area contributed by atoms with Gasteiger partial charge in [-0.1, -0.05) is 35.9 Å². The van der Waals surface area contributed by atoms with Crippen LogP contribution >= 0.6 is 23.8 Å². The maximum atomic E-state index is 10.2. The first kappa shape index (κ1) is 19.9. The molecule has 0 aliphatic carbocycles. The fraction of sp³-hybridized carbons (Fsp3) is 0.381. The lowest BCUT2D eigenvalue weighted by Gasteiger charge is -2.29. The molecule has 144 valence electrons. The third kappa shape index (κ3) is 5.12. The van der Waals surface area contributed by atoms with E-state index in [1.165, 1.54) is 0 Å². The van der Waals surface area contributed by atoms with Gasteiger partial charge in [0.2, 0.25) is 0 Å². The Bertz CT molecular complexity index is 799. The van der Waals surface area contributed by atoms with Gasteiger partial charge in [-0.2, -0.15) is 0 Å². The van der Waals surface area contributed by atoms with Gasteiger partial charge in [0.25, 0.3) is 0 Å². The third-order valence-electron chi connectivity index (χ3n) is 4.75. The molecule has 0 spiro atoms. The monoisotopic (exact) mass is 404 g/mol. The molecule has 0 bridgehead atoms. The van der Waals surface area contributed by atoms with Gasteiger partial charge in [0.15, 0.2) is 5.11 Å². The Labute approximate surface area is 171 Å². The van der Waals surface area contributed by atoms with Crippen LogP contribution in [0.4, 0.5) is 5.69 Å². The predicted molar refractivity (Wildman–Crippen MR) is 115 cm³/mol. The van der Waals surface area contributed by atoms with Crippen LogP contribution in [0.25, 0.3) is 0 Å². The maximum Gasteiger partial charge on any atom is 0.173 e. The molecule has 1 atom stereocenters. The standard InChI is InChI=1S/C21H25ClN2O2S/c1-14-10-15(2)20(18(22)11-14)23-21(27)24(13-17-7-5-9-26-17)12-16-6-3-4-8-19(16)25/h3-4,6,8,10-11,17,25H,5,7,9,12-13H2,1-2H3,(H,23,27)/t17-/m0/s1. The normalized spacial score (nSPS) is 16.3. The van der Waals surface area contributed by atoms with Gasteiger partial charge in [-0.05, 0) is 62.2 Å². The van der Waals surface area contributed by atoms with Crippen LogP contribution in [0.2, 0.25) is 5.02 Å². The number of nitrogens with zero attached hydrogens (tertiary/aromatic N) is 1. The van der Waals surface area contributed by atoms with Gasteiger partial charge < -0.3 is 20.1 Å². The summed E-state index contributed by atoms with van der Waals surface area (Å²) in [6.45, 7) is 5.99. The van der Waals surface area contributed by atoms with E-state index in [0.717, 1.165) is 41.8 Å². The number of hydrogen-bond donors (Lipinski definition) is 2. The second kappa shape index (κ2) is 8.91. The van der Waals surface area contributed by atoms with Crippen LogP contribution in [0.3, 0.4) is 0 Å². The molecule has 2 N–H and O–H groups in total. The number of phenols is 1. The van der Waals surface area contributed by atoms with Crippen LogP contribution < -0.4 is 5.32 Å². The summed E-state index contributed by atoms with van der Waals surface area (Å²) in [6.07, 6.45) is 2.23. The molecular weight excluding hydrogens is 380 g/mol. The van der Waals surface area contributed by atoms with Gasteiger partial charge in [-0.3, -0.25) is 0 Å². The summed E-state index contributed by atoms with van der Waals surface area (Å²) in [7, 11) is 0. The van der Waals surface area contributed by atoms with E-state index in [1.807, 2.05) is 43.0 Å². The van der Waals surface area contributed by atoms with E-state index >= 15 is 0 Å². The largest absolute Gasteiger partial charge is 0.508 e. The molecular formula is C21H25ClN2O2S. The van der Waals surface area contributed by atoms with E-state index < -0.39 is 0 Å². The third-order valence-corrected chi connectivity index (χ3v) is 5.41. The number of rotatable bonds is 5. The van der Waals surface area contributed by atoms with E-state index in [2.05, 4.69) is 11.4 Å². The van der Waals surface area contributed by atoms with Gasteiger partial charge >= 0.3 is 0 Å². The first-order valence-electron chi connectivity index (χ1n) is 9.15. The highest BCUT2D eigenvalue weighted by atomic mass is 35.5. The summed E-state index contributed by atoms with van der Waals surface area (Å²) >= 11 is 12.1. The molecule has 0 saturated carbocycles. The number of nitrogens with one attached hydrogen (secondary N) is 1. The fourth-order valence-corrected chi connectivity index (χ4v) is 3.97. The van der Waals surface area contributed by atoms with E-state index in [0.29, 0.717) is 23.2 Å². The van der Waals surface area contributed by atoms with Crippen LogP contribution in [-0.2, 0) is 11.3 Å². The first-order chi connectivity index (χ1) is 12.9. The zero-order chi connectivity index (χ0) is 19.4. The fourth-order valence-electron chi connectivity index (χ4n) is 3.36. The molecule has 2 aromatic rings. The minimum Gasteiger partial charge on any atom is -0.508 e. The van der Waals surface area contributed by atoms with Crippen molar-refractivity contribution in [2.45, 2.75) is 39.3 Å². The Balaban J connectivity index is 1.81. The summed E-state index contributed by atoms with van der Waals surface area (Å²) in [5.74, 6) is 0.266. The summed E-state index contributed by atoms with van der Waals surface area (Å²) in [5, 5.41) is 14.7. The van der Waals surface area contributed by atoms with Crippen molar-refractivity contribution in [1.29, 1.82) is 0 Å². The molecule has 0 amide bonds. The number of ether oxygens (including phenoxy) is 1. The Hall–Kier alpha value is -1.82. The molecule has 3 rings (SSSR count). The van der Waals surface area contributed by atoms with Crippen molar-refractivity contribution in [3.8, 4) is 5.75 Å². The summed E-state index contributed by atoms with van der Waals surface area (Å²) in [6, 6.07) is 11.3.